The maximum Gasteiger partial charge on any atom is 0.336 e. The van der Waals surface area contributed by atoms with Crippen molar-refractivity contribution in [3.63, 3.8) is 0 Å². The van der Waals surface area contributed by atoms with E-state index in [9.17, 15) is 14.4 Å². The Morgan fingerprint density at radius 3 is 1.73 bits per heavy atom. The van der Waals surface area contributed by atoms with Crippen molar-refractivity contribution in [2.75, 3.05) is 42.7 Å². The molecule has 0 N–H and O–H groups in total. The first-order valence-corrected chi connectivity index (χ1v) is 21.3. The van der Waals surface area contributed by atoms with E-state index < -0.39 is 11.4 Å². The van der Waals surface area contributed by atoms with E-state index in [1.165, 1.54) is 11.6 Å². The lowest BCUT2D eigenvalue weighted by Crippen LogP contribution is -2.37. The van der Waals surface area contributed by atoms with E-state index in [1.807, 2.05) is 121 Å². The summed E-state index contributed by atoms with van der Waals surface area (Å²) in [6.45, 7) is 1.90. The third kappa shape index (κ3) is 7.74. The Kier molecular flexibility index (Phi) is 10.8. The lowest BCUT2D eigenvalue weighted by atomic mass is 9.76. The molecule has 6 aromatic carbocycles. The molecule has 1 spiro atoms. The monoisotopic (exact) mass is 836 g/mol. The second-order valence-electron chi connectivity index (χ2n) is 16.0. The van der Waals surface area contributed by atoms with Gasteiger partial charge in [-0.15, -0.1) is 0 Å². The van der Waals surface area contributed by atoms with Gasteiger partial charge in [0.15, 0.2) is 5.75 Å². The van der Waals surface area contributed by atoms with Gasteiger partial charge >= 0.3 is 5.97 Å². The van der Waals surface area contributed by atoms with Crippen LogP contribution in [0.25, 0.3) is 12.2 Å². The molecule has 1 atom stereocenters. The summed E-state index contributed by atoms with van der Waals surface area (Å²) >= 11 is 0. The average molecular weight is 837 g/mol. The van der Waals surface area contributed by atoms with Gasteiger partial charge in [-0.3, -0.25) is 9.59 Å². The zero-order valence-electron chi connectivity index (χ0n) is 34.5. The van der Waals surface area contributed by atoms with Crippen LogP contribution in [0.5, 0.6) is 23.0 Å². The average Bonchev–Trinajstić information content (AvgIpc) is 3.91. The highest BCUT2D eigenvalue weighted by atomic mass is 17.2. The quantitative estimate of drug-likeness (QED) is 0.0336. The predicted molar refractivity (Wildman–Crippen MR) is 241 cm³/mol. The lowest BCUT2D eigenvalue weighted by Gasteiger charge is -2.30. The Bertz CT molecular complexity index is 2780. The van der Waals surface area contributed by atoms with E-state index in [0.717, 1.165) is 59.2 Å². The smallest absolute Gasteiger partial charge is 0.336 e. The summed E-state index contributed by atoms with van der Waals surface area (Å²) in [6, 6.07) is 41.8. The first-order chi connectivity index (χ1) is 30.9. The first kappa shape index (κ1) is 39.7. The number of fused-ring (bicyclic) bond motifs is 6. The molecule has 2 aliphatic heterocycles. The fraction of sp³-hybridized carbons (Fsp3) is 0.189. The summed E-state index contributed by atoms with van der Waals surface area (Å²) in [4.78, 5) is 55.4. The molecule has 2 amide bonds. The number of carbonyl (C=O) groups is 3. The Balaban J connectivity index is 0.809. The second kappa shape index (κ2) is 17.1. The molecule has 63 heavy (non-hydrogen) atoms. The number of esters is 1. The minimum atomic E-state index is -0.494. The van der Waals surface area contributed by atoms with Crippen molar-refractivity contribution in [2.24, 2.45) is 0 Å². The van der Waals surface area contributed by atoms with Crippen LogP contribution in [-0.4, -0.2) is 50.7 Å². The molecular weight excluding hydrogens is 793 g/mol. The van der Waals surface area contributed by atoms with Crippen LogP contribution in [0.1, 0.15) is 66.9 Å². The van der Waals surface area contributed by atoms with E-state index in [4.69, 9.17) is 24.0 Å². The molecule has 10 rings (SSSR count). The van der Waals surface area contributed by atoms with Gasteiger partial charge in [0, 0.05) is 33.7 Å². The van der Waals surface area contributed by atoms with Crippen LogP contribution < -0.4 is 28.9 Å². The molecule has 0 bridgehead atoms. The molecule has 314 valence electrons. The number of carbonyl (C=O) groups excluding carboxylic acids is 3. The number of amides is 2. The van der Waals surface area contributed by atoms with Gasteiger partial charge in [-0.1, -0.05) is 84.9 Å². The topological polar surface area (TPSA) is 104 Å². The summed E-state index contributed by atoms with van der Waals surface area (Å²) in [6.07, 6.45) is 10.4. The summed E-state index contributed by atoms with van der Waals surface area (Å²) < 4.78 is 18.0. The number of nitrogens with zero attached hydrogens (tertiary/aromatic N) is 2. The summed E-state index contributed by atoms with van der Waals surface area (Å²) in [5, 5.41) is 0. The number of benzene rings is 6. The minimum Gasteiger partial charge on any atom is -0.490 e. The van der Waals surface area contributed by atoms with Crippen molar-refractivity contribution in [3.8, 4) is 23.0 Å². The van der Waals surface area contributed by atoms with Crippen LogP contribution in [-0.2, 0) is 27.9 Å². The van der Waals surface area contributed by atoms with Crippen molar-refractivity contribution >= 4 is 41.3 Å². The number of aryl methyl sites for hydroxylation is 2. The normalized spacial score (nSPS) is 17.1. The Morgan fingerprint density at radius 1 is 0.603 bits per heavy atom. The highest BCUT2D eigenvalue weighted by Gasteiger charge is 2.49. The van der Waals surface area contributed by atoms with E-state index in [0.29, 0.717) is 66.1 Å². The highest BCUT2D eigenvalue weighted by Crippen LogP contribution is 2.57. The number of ether oxygens (including phenoxy) is 3. The van der Waals surface area contributed by atoms with E-state index in [-0.39, 0.29) is 18.4 Å². The van der Waals surface area contributed by atoms with Crippen LogP contribution in [0.4, 0.5) is 11.4 Å². The maximum atomic E-state index is 13.5. The third-order valence-corrected chi connectivity index (χ3v) is 12.3. The van der Waals surface area contributed by atoms with Gasteiger partial charge in [0.1, 0.15) is 37.1 Å². The number of rotatable bonds is 10. The molecule has 0 saturated heterocycles. The molecular formula is C53H44N2O8. The Labute approximate surface area is 365 Å². The molecule has 0 radical (unpaired) electrons. The number of hydrogen-bond donors (Lipinski definition) is 0. The molecule has 2 aliphatic carbocycles. The van der Waals surface area contributed by atoms with Gasteiger partial charge < -0.3 is 28.9 Å². The third-order valence-electron chi connectivity index (χ3n) is 12.3. The van der Waals surface area contributed by atoms with E-state index >= 15 is 0 Å². The van der Waals surface area contributed by atoms with Gasteiger partial charge in [0.2, 0.25) is 0 Å². The summed E-state index contributed by atoms with van der Waals surface area (Å²) in [7, 11) is 0. The van der Waals surface area contributed by atoms with Gasteiger partial charge in [0.05, 0.1) is 24.5 Å². The molecule has 10 nitrogen and oxygen atoms in total. The number of hydrogen-bond acceptors (Lipinski definition) is 8. The molecule has 4 aliphatic rings. The minimum absolute atomic E-state index is 0.0553. The van der Waals surface area contributed by atoms with Crippen molar-refractivity contribution in [3.05, 3.63) is 190 Å². The Morgan fingerprint density at radius 2 is 1.14 bits per heavy atom. The molecule has 0 fully saturated rings. The van der Waals surface area contributed by atoms with Crippen molar-refractivity contribution in [2.45, 2.75) is 31.1 Å². The molecule has 0 saturated carbocycles. The Hall–Kier alpha value is -7.43. The van der Waals surface area contributed by atoms with Crippen LogP contribution >= 0.6 is 0 Å². The van der Waals surface area contributed by atoms with Gasteiger partial charge in [-0.05, 0) is 115 Å². The molecule has 1 unspecified atom stereocenters. The molecule has 2 heterocycles. The van der Waals surface area contributed by atoms with Gasteiger partial charge in [-0.2, -0.15) is 4.89 Å². The predicted octanol–water partition coefficient (Wildman–Crippen LogP) is 9.59. The van der Waals surface area contributed by atoms with Crippen molar-refractivity contribution in [1.82, 2.24) is 0 Å². The van der Waals surface area contributed by atoms with E-state index in [2.05, 4.69) is 12.1 Å². The van der Waals surface area contributed by atoms with Crippen LogP contribution in [0, 0.1) is 0 Å². The summed E-state index contributed by atoms with van der Waals surface area (Å²) in [5.74, 6) is 1.79. The molecule has 10 heteroatoms. The van der Waals surface area contributed by atoms with Crippen LogP contribution in [0.3, 0.4) is 0 Å². The zero-order valence-corrected chi connectivity index (χ0v) is 34.5. The number of anilines is 2. The molecule has 6 aromatic rings. The van der Waals surface area contributed by atoms with Gasteiger partial charge in [0.25, 0.3) is 11.8 Å². The second-order valence-corrected chi connectivity index (χ2v) is 16.0. The standard InChI is InChI=1S/C53H44N2O8/c56-48(24-21-37-20-23-43-47(35-37)60-33-30-55(43)52(58)41-13-5-2-6-14-41)62-44-17-7-15-38-25-27-53(49(38)44)28-26-39-16-8-18-45(50(39)53)63-61-31-9-10-36-19-22-42-46(34-36)59-32-29-54(42)51(57)40-11-3-1-4-12-40/h1-24,34-35H,25-33H2/b10-9+,24-21?. The molecule has 0 aromatic heterocycles. The maximum absolute atomic E-state index is 13.5. The first-order valence-electron chi connectivity index (χ1n) is 21.3. The van der Waals surface area contributed by atoms with E-state index in [1.54, 1.807) is 28.0 Å². The van der Waals surface area contributed by atoms with Gasteiger partial charge in [-0.25, -0.2) is 4.79 Å². The van der Waals surface area contributed by atoms with Crippen LogP contribution in [0.15, 0.2) is 146 Å². The SMILES string of the molecule is O=C(C=Cc1ccc2c(c1)OCCN2C(=O)c1ccccc1)Oc1cccc2c1C1(CCc3cccc(OOC/C=C/c4ccc5c(c4)OCCN5C(=O)c4ccccc4)c31)CC2. The van der Waals surface area contributed by atoms with Crippen molar-refractivity contribution in [1.29, 1.82) is 0 Å². The van der Waals surface area contributed by atoms with Crippen molar-refractivity contribution < 1.29 is 38.4 Å². The van der Waals surface area contributed by atoms with Crippen LogP contribution in [0.2, 0.25) is 0 Å². The highest BCUT2D eigenvalue weighted by molar-refractivity contribution is 6.08. The lowest BCUT2D eigenvalue weighted by molar-refractivity contribution is -0.196. The zero-order chi connectivity index (χ0) is 42.8. The summed E-state index contributed by atoms with van der Waals surface area (Å²) in [5.41, 5.74) is 8.36. The largest absolute Gasteiger partial charge is 0.490 e. The fourth-order valence-electron chi connectivity index (χ4n) is 9.46. The fourth-order valence-corrected chi connectivity index (χ4v) is 9.46.